The van der Waals surface area contributed by atoms with Crippen molar-refractivity contribution in [1.29, 1.82) is 0 Å². The van der Waals surface area contributed by atoms with Crippen molar-refractivity contribution in [1.82, 2.24) is 0 Å². The van der Waals surface area contributed by atoms with Crippen LogP contribution in [0.25, 0.3) is 0 Å². The van der Waals surface area contributed by atoms with E-state index in [4.69, 9.17) is 28.9 Å². The van der Waals surface area contributed by atoms with E-state index in [1.165, 1.54) is 0 Å². The summed E-state index contributed by atoms with van der Waals surface area (Å²) in [6, 6.07) is 5.15. The lowest BCUT2D eigenvalue weighted by atomic mass is 9.91. The maximum absolute atomic E-state index is 12.2. The number of rotatable bonds is 5. The van der Waals surface area contributed by atoms with Crippen LogP contribution in [-0.4, -0.2) is 16.5 Å². The monoisotopic (exact) mass is 293 g/mol. The summed E-state index contributed by atoms with van der Waals surface area (Å²) in [5.41, 5.74) is 5.63. The van der Waals surface area contributed by atoms with Crippen molar-refractivity contribution in [3.05, 3.63) is 28.2 Å². The molecule has 0 fully saturated rings. The summed E-state index contributed by atoms with van der Waals surface area (Å²) in [4.78, 5) is 0.531. The molecule has 5 heteroatoms. The van der Waals surface area contributed by atoms with E-state index in [1.807, 2.05) is 0 Å². The van der Waals surface area contributed by atoms with Crippen LogP contribution >= 0.6 is 23.2 Å². The molecule has 0 spiro atoms. The summed E-state index contributed by atoms with van der Waals surface area (Å²) >= 11 is 12.0. The van der Waals surface area contributed by atoms with Gasteiger partial charge in [-0.05, 0) is 30.5 Å². The van der Waals surface area contributed by atoms with Crippen LogP contribution in [0.1, 0.15) is 20.3 Å². The third kappa shape index (κ3) is 4.25. The lowest BCUT2D eigenvalue weighted by Gasteiger charge is -2.21. The Morgan fingerprint density at radius 2 is 1.82 bits per heavy atom. The summed E-state index contributed by atoms with van der Waals surface area (Å²) in [5, 5.41) is 0.919. The molecular weight excluding hydrogens is 277 g/mol. The highest BCUT2D eigenvalue weighted by molar-refractivity contribution is 7.85. The first-order valence-electron chi connectivity index (χ1n) is 5.40. The quantitative estimate of drug-likeness (QED) is 0.903. The molecule has 1 rings (SSSR count). The van der Waals surface area contributed by atoms with Gasteiger partial charge in [-0.3, -0.25) is 4.21 Å². The van der Waals surface area contributed by atoms with Gasteiger partial charge in [0.2, 0.25) is 0 Å². The Hall–Kier alpha value is -0.0900. The highest BCUT2D eigenvalue weighted by Crippen LogP contribution is 2.29. The van der Waals surface area contributed by atoms with Gasteiger partial charge < -0.3 is 5.73 Å². The molecule has 0 heterocycles. The van der Waals surface area contributed by atoms with Crippen LogP contribution in [-0.2, 0) is 10.8 Å². The van der Waals surface area contributed by atoms with E-state index < -0.39 is 10.8 Å². The molecule has 17 heavy (non-hydrogen) atoms. The Balaban J connectivity index is 2.78. The van der Waals surface area contributed by atoms with Crippen molar-refractivity contribution >= 4 is 34.0 Å². The largest absolute Gasteiger partial charge is 0.330 e. The van der Waals surface area contributed by atoms with E-state index in [9.17, 15) is 4.21 Å². The smallest absolute Gasteiger partial charge is 0.0760 e. The minimum atomic E-state index is -1.17. The van der Waals surface area contributed by atoms with Crippen LogP contribution < -0.4 is 5.73 Å². The number of benzene rings is 1. The normalized spacial score (nSPS) is 13.7. The summed E-state index contributed by atoms with van der Waals surface area (Å²) in [6.07, 6.45) is 0.775. The summed E-state index contributed by atoms with van der Waals surface area (Å²) in [7, 11) is -1.17. The minimum Gasteiger partial charge on any atom is -0.330 e. The van der Waals surface area contributed by atoms with Crippen LogP contribution in [0.2, 0.25) is 10.0 Å². The van der Waals surface area contributed by atoms with Crippen LogP contribution in [0.15, 0.2) is 23.1 Å². The van der Waals surface area contributed by atoms with Crippen molar-refractivity contribution in [2.24, 2.45) is 11.1 Å². The van der Waals surface area contributed by atoms with E-state index in [1.54, 1.807) is 18.2 Å². The fraction of sp³-hybridized carbons (Fsp3) is 0.500. The van der Waals surface area contributed by atoms with Gasteiger partial charge in [-0.25, -0.2) is 0 Å². The molecule has 0 saturated heterocycles. The molecule has 0 amide bonds. The van der Waals surface area contributed by atoms with Crippen LogP contribution in [0.3, 0.4) is 0 Å². The second kappa shape index (κ2) is 6.19. The molecular formula is C12H17Cl2NOS. The number of hydrogen-bond acceptors (Lipinski definition) is 2. The summed E-state index contributed by atoms with van der Waals surface area (Å²) in [6.45, 7) is 4.68. The first-order chi connectivity index (χ1) is 7.87. The molecule has 0 aliphatic rings. The van der Waals surface area contributed by atoms with Gasteiger partial charge in [0.15, 0.2) is 0 Å². The Labute approximate surface area is 115 Å². The first-order valence-corrected chi connectivity index (χ1v) is 7.47. The molecule has 0 aliphatic heterocycles. The second-order valence-electron chi connectivity index (χ2n) is 4.72. The molecule has 0 saturated carbocycles. The molecule has 96 valence electrons. The topological polar surface area (TPSA) is 43.1 Å². The highest BCUT2D eigenvalue weighted by Gasteiger charge is 2.19. The van der Waals surface area contributed by atoms with Crippen LogP contribution in [0.4, 0.5) is 0 Å². The molecule has 1 aromatic carbocycles. The average Bonchev–Trinajstić information content (AvgIpc) is 2.26. The highest BCUT2D eigenvalue weighted by atomic mass is 35.5. The third-order valence-electron chi connectivity index (χ3n) is 2.66. The predicted octanol–water partition coefficient (Wildman–Crippen LogP) is 3.48. The van der Waals surface area contributed by atoms with Crippen molar-refractivity contribution < 1.29 is 4.21 Å². The van der Waals surface area contributed by atoms with Gasteiger partial charge in [0.05, 0.1) is 25.7 Å². The van der Waals surface area contributed by atoms with Gasteiger partial charge in [0.25, 0.3) is 0 Å². The molecule has 0 radical (unpaired) electrons. The molecule has 1 unspecified atom stereocenters. The summed E-state index contributed by atoms with van der Waals surface area (Å²) < 4.78 is 12.2. The number of halogens is 2. The van der Waals surface area contributed by atoms with Gasteiger partial charge in [0, 0.05) is 5.75 Å². The maximum Gasteiger partial charge on any atom is 0.0760 e. The van der Waals surface area contributed by atoms with E-state index >= 15 is 0 Å². The standard InChI is InChI=1S/C12H17Cl2NOS/c1-12(2,8-15)6-7-17(16)11-9(13)4-3-5-10(11)14/h3-5H,6-8,15H2,1-2H3. The molecule has 1 atom stereocenters. The SMILES string of the molecule is CC(C)(CN)CCS(=O)c1c(Cl)cccc1Cl. The van der Waals surface area contributed by atoms with Gasteiger partial charge in [-0.15, -0.1) is 0 Å². The molecule has 0 aromatic heterocycles. The fourth-order valence-corrected chi connectivity index (χ4v) is 3.70. The fourth-order valence-electron chi connectivity index (χ4n) is 1.27. The van der Waals surface area contributed by atoms with E-state index in [2.05, 4.69) is 13.8 Å². The molecule has 0 bridgehead atoms. The van der Waals surface area contributed by atoms with Crippen molar-refractivity contribution in [2.45, 2.75) is 25.2 Å². The second-order valence-corrected chi connectivity index (χ2v) is 7.04. The predicted molar refractivity (Wildman–Crippen MR) is 75.2 cm³/mol. The van der Waals surface area contributed by atoms with Gasteiger partial charge in [-0.1, -0.05) is 43.1 Å². The average molecular weight is 294 g/mol. The van der Waals surface area contributed by atoms with E-state index in [0.717, 1.165) is 6.42 Å². The third-order valence-corrected chi connectivity index (χ3v) is 4.99. The van der Waals surface area contributed by atoms with E-state index in [-0.39, 0.29) is 5.41 Å². The molecule has 1 aromatic rings. The minimum absolute atomic E-state index is 0.0105. The Morgan fingerprint density at radius 1 is 1.29 bits per heavy atom. The Kier molecular flexibility index (Phi) is 5.45. The molecule has 2 N–H and O–H groups in total. The zero-order valence-electron chi connectivity index (χ0n) is 10.0. The lowest BCUT2D eigenvalue weighted by Crippen LogP contribution is -2.25. The first kappa shape index (κ1) is 15.0. The van der Waals surface area contributed by atoms with Gasteiger partial charge in [-0.2, -0.15) is 0 Å². The van der Waals surface area contributed by atoms with Crippen LogP contribution in [0.5, 0.6) is 0 Å². The number of nitrogens with two attached hydrogens (primary N) is 1. The van der Waals surface area contributed by atoms with Crippen molar-refractivity contribution in [3.8, 4) is 0 Å². The Bertz CT molecular complexity index is 401. The maximum atomic E-state index is 12.2. The van der Waals surface area contributed by atoms with E-state index in [0.29, 0.717) is 27.2 Å². The zero-order chi connectivity index (χ0) is 13.1. The van der Waals surface area contributed by atoms with Gasteiger partial charge in [0.1, 0.15) is 0 Å². The zero-order valence-corrected chi connectivity index (χ0v) is 12.3. The molecule has 2 nitrogen and oxygen atoms in total. The van der Waals surface area contributed by atoms with Crippen molar-refractivity contribution in [2.75, 3.05) is 12.3 Å². The van der Waals surface area contributed by atoms with Gasteiger partial charge >= 0.3 is 0 Å². The Morgan fingerprint density at radius 3 is 2.29 bits per heavy atom. The van der Waals surface area contributed by atoms with Crippen LogP contribution in [0, 0.1) is 5.41 Å². The van der Waals surface area contributed by atoms with Crippen molar-refractivity contribution in [3.63, 3.8) is 0 Å². The summed E-state index contributed by atoms with van der Waals surface area (Å²) in [5.74, 6) is 0.521. The molecule has 0 aliphatic carbocycles. The lowest BCUT2D eigenvalue weighted by molar-refractivity contribution is 0.367. The number of hydrogen-bond donors (Lipinski definition) is 1.